The molecule has 2 atom stereocenters. The van der Waals surface area contributed by atoms with Crippen LogP contribution in [-0.2, 0) is 0 Å². The second kappa shape index (κ2) is 7.50. The van der Waals surface area contributed by atoms with Crippen LogP contribution in [0, 0.1) is 0 Å². The minimum Gasteiger partial charge on any atom is -0.497 e. The molecule has 0 fully saturated rings. The molecule has 0 amide bonds. The molecule has 2 heterocycles. The van der Waals surface area contributed by atoms with Crippen LogP contribution in [0.15, 0.2) is 80.8 Å². The Balaban J connectivity index is 1.57. The van der Waals surface area contributed by atoms with Crippen molar-refractivity contribution in [2.45, 2.75) is 18.7 Å². The summed E-state index contributed by atoms with van der Waals surface area (Å²) < 4.78 is 13.8. The normalized spacial score (nSPS) is 19.8. The fourth-order valence-electron chi connectivity index (χ4n) is 3.86. The minimum absolute atomic E-state index is 0.127. The van der Waals surface area contributed by atoms with E-state index in [-0.39, 0.29) is 12.3 Å². The molecule has 0 N–H and O–H groups in total. The first-order chi connectivity index (χ1) is 14.1. The summed E-state index contributed by atoms with van der Waals surface area (Å²) in [6.45, 7) is 0. The van der Waals surface area contributed by atoms with Gasteiger partial charge in [-0.2, -0.15) is 5.10 Å². The first kappa shape index (κ1) is 18.7. The van der Waals surface area contributed by atoms with E-state index in [4.69, 9.17) is 14.6 Å². The molecule has 0 saturated heterocycles. The van der Waals surface area contributed by atoms with Gasteiger partial charge in [-0.3, -0.25) is 0 Å². The molecule has 0 aromatic heterocycles. The Labute approximate surface area is 186 Å². The molecular weight excluding hydrogens is 496 g/mol. The van der Waals surface area contributed by atoms with Crippen LogP contribution in [0.1, 0.15) is 35.4 Å². The van der Waals surface area contributed by atoms with E-state index in [1.165, 1.54) is 0 Å². The van der Waals surface area contributed by atoms with Crippen LogP contribution in [0.2, 0.25) is 0 Å². The van der Waals surface area contributed by atoms with E-state index in [2.05, 4.69) is 67.2 Å². The standard InChI is InChI=1S/C23H18Br2N2O2/c1-28-18-9-4-14(5-10-18)20-13-21-19-12-17(25)8-11-22(19)29-23(27(21)26-20)15-2-6-16(24)7-3-15/h2-12,21,23H,13H2,1H3/t21-,23-/m1/s1. The predicted octanol–water partition coefficient (Wildman–Crippen LogP) is 6.46. The van der Waals surface area contributed by atoms with Crippen LogP contribution < -0.4 is 9.47 Å². The molecule has 2 aliphatic rings. The van der Waals surface area contributed by atoms with Crippen molar-refractivity contribution >= 4 is 37.6 Å². The van der Waals surface area contributed by atoms with Gasteiger partial charge in [-0.25, -0.2) is 5.01 Å². The van der Waals surface area contributed by atoms with Crippen LogP contribution in [0.4, 0.5) is 0 Å². The molecule has 0 saturated carbocycles. The summed E-state index contributed by atoms with van der Waals surface area (Å²) in [5, 5.41) is 7.10. The van der Waals surface area contributed by atoms with Gasteiger partial charge >= 0.3 is 0 Å². The van der Waals surface area contributed by atoms with E-state index < -0.39 is 0 Å². The number of hydrogen-bond donors (Lipinski definition) is 0. The van der Waals surface area contributed by atoms with Gasteiger partial charge in [0, 0.05) is 26.5 Å². The second-order valence-corrected chi connectivity index (χ2v) is 8.91. The van der Waals surface area contributed by atoms with Gasteiger partial charge in [-0.1, -0.05) is 44.0 Å². The quantitative estimate of drug-likeness (QED) is 0.403. The third-order valence-electron chi connectivity index (χ3n) is 5.33. The fourth-order valence-corrected chi connectivity index (χ4v) is 4.51. The van der Waals surface area contributed by atoms with Crippen molar-refractivity contribution in [1.82, 2.24) is 5.01 Å². The van der Waals surface area contributed by atoms with Crippen molar-refractivity contribution in [3.8, 4) is 11.5 Å². The van der Waals surface area contributed by atoms with Gasteiger partial charge in [-0.05, 0) is 60.2 Å². The monoisotopic (exact) mass is 512 g/mol. The van der Waals surface area contributed by atoms with E-state index in [0.29, 0.717) is 0 Å². The summed E-state index contributed by atoms with van der Waals surface area (Å²) in [4.78, 5) is 0. The lowest BCUT2D eigenvalue weighted by Gasteiger charge is -2.38. The molecule has 0 radical (unpaired) electrons. The number of ether oxygens (including phenoxy) is 2. The molecule has 3 aromatic carbocycles. The maximum absolute atomic E-state index is 6.41. The zero-order valence-corrected chi connectivity index (χ0v) is 18.9. The minimum atomic E-state index is -0.266. The molecule has 146 valence electrons. The van der Waals surface area contributed by atoms with Crippen molar-refractivity contribution in [2.24, 2.45) is 5.10 Å². The van der Waals surface area contributed by atoms with Gasteiger partial charge in [0.1, 0.15) is 11.5 Å². The van der Waals surface area contributed by atoms with Crippen molar-refractivity contribution in [3.05, 3.63) is 92.4 Å². The molecule has 4 nitrogen and oxygen atoms in total. The van der Waals surface area contributed by atoms with Gasteiger partial charge < -0.3 is 9.47 Å². The highest BCUT2D eigenvalue weighted by molar-refractivity contribution is 9.10. The Kier molecular flexibility index (Phi) is 4.84. The van der Waals surface area contributed by atoms with Crippen LogP contribution in [0.25, 0.3) is 0 Å². The smallest absolute Gasteiger partial charge is 0.213 e. The number of fused-ring (bicyclic) bond motifs is 3. The summed E-state index contributed by atoms with van der Waals surface area (Å²) in [6.07, 6.45) is 0.559. The van der Waals surface area contributed by atoms with Crippen LogP contribution in [0.3, 0.4) is 0 Å². The second-order valence-electron chi connectivity index (χ2n) is 7.08. The highest BCUT2D eigenvalue weighted by atomic mass is 79.9. The molecule has 0 unspecified atom stereocenters. The van der Waals surface area contributed by atoms with Gasteiger partial charge in [-0.15, -0.1) is 0 Å². The molecule has 3 aromatic rings. The van der Waals surface area contributed by atoms with Gasteiger partial charge in [0.2, 0.25) is 6.23 Å². The lowest BCUT2D eigenvalue weighted by Crippen LogP contribution is -2.33. The van der Waals surface area contributed by atoms with Crippen molar-refractivity contribution in [1.29, 1.82) is 0 Å². The number of rotatable bonds is 3. The fraction of sp³-hybridized carbons (Fsp3) is 0.174. The number of nitrogens with zero attached hydrogens (tertiary/aromatic N) is 2. The summed E-state index contributed by atoms with van der Waals surface area (Å²) in [5.74, 6) is 1.75. The zero-order valence-electron chi connectivity index (χ0n) is 15.7. The molecule has 2 aliphatic heterocycles. The van der Waals surface area contributed by atoms with Crippen molar-refractivity contribution in [2.75, 3.05) is 7.11 Å². The highest BCUT2D eigenvalue weighted by Crippen LogP contribution is 2.48. The van der Waals surface area contributed by atoms with Crippen molar-refractivity contribution in [3.63, 3.8) is 0 Å². The Morgan fingerprint density at radius 1 is 0.966 bits per heavy atom. The van der Waals surface area contributed by atoms with E-state index >= 15 is 0 Å². The maximum atomic E-state index is 6.41. The average molecular weight is 514 g/mol. The SMILES string of the molecule is COc1ccc(C2=NN3[C@H](C2)c2cc(Br)ccc2O[C@@H]3c2ccc(Br)cc2)cc1. The van der Waals surface area contributed by atoms with Crippen molar-refractivity contribution < 1.29 is 9.47 Å². The number of hydrogen-bond acceptors (Lipinski definition) is 4. The average Bonchev–Trinajstić information content (AvgIpc) is 3.20. The maximum Gasteiger partial charge on any atom is 0.213 e. The predicted molar refractivity (Wildman–Crippen MR) is 120 cm³/mol. The molecule has 0 spiro atoms. The number of benzene rings is 3. The summed E-state index contributed by atoms with van der Waals surface area (Å²) in [6, 6.07) is 22.6. The summed E-state index contributed by atoms with van der Waals surface area (Å²) in [5.41, 5.74) is 4.38. The number of halogens is 2. The lowest BCUT2D eigenvalue weighted by molar-refractivity contribution is -0.0190. The van der Waals surface area contributed by atoms with Gasteiger partial charge in [0.25, 0.3) is 0 Å². The Bertz CT molecular complexity index is 1080. The first-order valence-electron chi connectivity index (χ1n) is 9.34. The van der Waals surface area contributed by atoms with E-state index in [1.807, 2.05) is 36.4 Å². The molecule has 5 rings (SSSR count). The topological polar surface area (TPSA) is 34.1 Å². The van der Waals surface area contributed by atoms with Crippen LogP contribution in [0.5, 0.6) is 11.5 Å². The first-order valence-corrected chi connectivity index (χ1v) is 10.9. The Morgan fingerprint density at radius 2 is 1.69 bits per heavy atom. The lowest BCUT2D eigenvalue weighted by atomic mass is 9.96. The number of methoxy groups -OCH3 is 1. The molecular formula is C23H18Br2N2O2. The van der Waals surface area contributed by atoms with Gasteiger partial charge in [0.05, 0.1) is 18.9 Å². The van der Waals surface area contributed by atoms with Crippen LogP contribution >= 0.6 is 31.9 Å². The van der Waals surface area contributed by atoms with Gasteiger partial charge in [0.15, 0.2) is 0 Å². The highest BCUT2D eigenvalue weighted by Gasteiger charge is 2.41. The summed E-state index contributed by atoms with van der Waals surface area (Å²) in [7, 11) is 1.68. The molecule has 29 heavy (non-hydrogen) atoms. The molecule has 6 heteroatoms. The molecule has 0 bridgehead atoms. The number of hydrazone groups is 1. The van der Waals surface area contributed by atoms with E-state index in [1.54, 1.807) is 7.11 Å². The Morgan fingerprint density at radius 3 is 2.41 bits per heavy atom. The van der Waals surface area contributed by atoms with E-state index in [0.717, 1.165) is 49.3 Å². The largest absolute Gasteiger partial charge is 0.497 e. The molecule has 0 aliphatic carbocycles. The third-order valence-corrected chi connectivity index (χ3v) is 6.35. The summed E-state index contributed by atoms with van der Waals surface area (Å²) >= 11 is 7.11. The van der Waals surface area contributed by atoms with Crippen LogP contribution in [-0.4, -0.2) is 17.8 Å². The third kappa shape index (κ3) is 3.45. The van der Waals surface area contributed by atoms with E-state index in [9.17, 15) is 0 Å². The Hall–Kier alpha value is -2.31. The zero-order chi connectivity index (χ0) is 20.0.